The summed E-state index contributed by atoms with van der Waals surface area (Å²) in [5.41, 5.74) is -3.74. The first kappa shape index (κ1) is 16.8. The van der Waals surface area contributed by atoms with Crippen molar-refractivity contribution in [2.24, 2.45) is 0 Å². The quantitative estimate of drug-likeness (QED) is 0.588. The van der Waals surface area contributed by atoms with Crippen LogP contribution in [0.25, 0.3) is 11.8 Å². The minimum Gasteiger partial charge on any atom is -0.375 e. The molecule has 0 radical (unpaired) electrons. The van der Waals surface area contributed by atoms with Gasteiger partial charge >= 0.3 is 15.6 Å². The summed E-state index contributed by atoms with van der Waals surface area (Å²) in [6.45, 7) is 0. The van der Waals surface area contributed by atoms with Crippen LogP contribution in [0.5, 0.6) is 0 Å². The summed E-state index contributed by atoms with van der Waals surface area (Å²) < 4.78 is 65.1. The van der Waals surface area contributed by atoms with E-state index >= 15 is 0 Å². The van der Waals surface area contributed by atoms with Gasteiger partial charge in [-0.05, 0) is 41.5 Å². The topological polar surface area (TPSA) is 56.3 Å². The largest absolute Gasteiger partial charge is 0.534 e. The average molecular weight is 376 g/mol. The molecule has 0 saturated carbocycles. The van der Waals surface area contributed by atoms with Gasteiger partial charge in [0.15, 0.2) is 5.76 Å². The van der Waals surface area contributed by atoms with Crippen molar-refractivity contribution < 1.29 is 25.8 Å². The first-order valence-electron chi connectivity index (χ1n) is 6.62. The number of hydrogen-bond donors (Lipinski definition) is 0. The molecule has 0 fully saturated rings. The van der Waals surface area contributed by atoms with E-state index in [-0.39, 0.29) is 5.56 Å². The van der Waals surface area contributed by atoms with Crippen LogP contribution in [0.3, 0.4) is 0 Å². The first-order valence-corrected chi connectivity index (χ1v) is 8.41. The Hall–Kier alpha value is -2.06. The average Bonchev–Trinajstić information content (AvgIpc) is 2.62. The van der Waals surface area contributed by atoms with Crippen molar-refractivity contribution in [2.75, 3.05) is 0 Å². The second-order valence-electron chi connectivity index (χ2n) is 5.01. The Balaban J connectivity index is 2.18. The van der Waals surface area contributed by atoms with Gasteiger partial charge in [0.05, 0.1) is 5.69 Å². The summed E-state index contributed by atoms with van der Waals surface area (Å²) in [5, 5.41) is 0.363. The highest BCUT2D eigenvalue weighted by Gasteiger charge is 2.49. The van der Waals surface area contributed by atoms with E-state index in [9.17, 15) is 21.6 Å². The molecule has 1 aromatic carbocycles. The molecule has 126 valence electrons. The van der Waals surface area contributed by atoms with Crippen molar-refractivity contribution in [1.29, 1.82) is 0 Å². The summed E-state index contributed by atoms with van der Waals surface area (Å²) in [6, 6.07) is 7.79. The minimum absolute atomic E-state index is 0.178. The van der Waals surface area contributed by atoms with Crippen molar-refractivity contribution in [3.05, 3.63) is 63.9 Å². The molecule has 1 heterocycles. The molecule has 0 N–H and O–H groups in total. The Morgan fingerprint density at radius 3 is 2.67 bits per heavy atom. The van der Waals surface area contributed by atoms with Crippen LogP contribution in [0.4, 0.5) is 13.2 Å². The van der Waals surface area contributed by atoms with Crippen LogP contribution in [0.15, 0.2) is 36.5 Å². The Morgan fingerprint density at radius 1 is 1.21 bits per heavy atom. The lowest BCUT2D eigenvalue weighted by Crippen LogP contribution is -2.25. The van der Waals surface area contributed by atoms with Gasteiger partial charge in [-0.2, -0.15) is 21.6 Å². The molecule has 0 spiro atoms. The summed E-state index contributed by atoms with van der Waals surface area (Å²) >= 11 is 5.91. The fourth-order valence-corrected chi connectivity index (χ4v) is 2.95. The molecule has 9 heteroatoms. The lowest BCUT2D eigenvalue weighted by atomic mass is 10.0. The number of hydrogen-bond acceptors (Lipinski definition) is 4. The number of benzene rings is 1. The number of rotatable bonds is 2. The predicted octanol–water partition coefficient (Wildman–Crippen LogP) is 4.00. The maximum absolute atomic E-state index is 12.6. The van der Waals surface area contributed by atoms with Crippen molar-refractivity contribution in [2.45, 2.75) is 11.9 Å². The van der Waals surface area contributed by atoms with Gasteiger partial charge in [-0.15, -0.1) is 0 Å². The first-order chi connectivity index (χ1) is 11.2. The maximum Gasteiger partial charge on any atom is 0.534 e. The van der Waals surface area contributed by atoms with E-state index in [1.54, 1.807) is 12.1 Å². The Morgan fingerprint density at radius 2 is 1.96 bits per heavy atom. The number of alkyl halides is 3. The van der Waals surface area contributed by atoms with E-state index in [0.717, 1.165) is 5.56 Å². The molecule has 0 atom stereocenters. The Labute approximate surface area is 140 Å². The summed E-state index contributed by atoms with van der Waals surface area (Å²) in [6.07, 6.45) is 2.99. The van der Waals surface area contributed by atoms with Crippen molar-refractivity contribution >= 4 is 33.6 Å². The van der Waals surface area contributed by atoms with Crippen LogP contribution in [0.2, 0.25) is 5.02 Å². The molecule has 0 aliphatic heterocycles. The third-order valence-corrected chi connectivity index (χ3v) is 4.59. The van der Waals surface area contributed by atoms with Crippen LogP contribution in [0.1, 0.15) is 22.4 Å². The zero-order valence-corrected chi connectivity index (χ0v) is 13.4. The number of nitrogens with zero attached hydrogens (tertiary/aromatic N) is 1. The summed E-state index contributed by atoms with van der Waals surface area (Å²) in [7, 11) is -5.80. The predicted molar refractivity (Wildman–Crippen MR) is 82.4 cm³/mol. The van der Waals surface area contributed by atoms with Crippen LogP contribution >= 0.6 is 11.6 Å². The highest BCUT2D eigenvalue weighted by molar-refractivity contribution is 7.87. The van der Waals surface area contributed by atoms with Crippen molar-refractivity contribution in [3.63, 3.8) is 0 Å². The number of pyridine rings is 1. The third kappa shape index (κ3) is 3.11. The zero-order chi connectivity index (χ0) is 17.5. The van der Waals surface area contributed by atoms with Gasteiger partial charge in [0.1, 0.15) is 0 Å². The molecule has 1 aliphatic carbocycles. The van der Waals surface area contributed by atoms with Crippen LogP contribution in [-0.2, 0) is 20.7 Å². The fraction of sp³-hybridized carbons (Fsp3) is 0.133. The van der Waals surface area contributed by atoms with Gasteiger partial charge in [-0.1, -0.05) is 17.7 Å². The van der Waals surface area contributed by atoms with Gasteiger partial charge < -0.3 is 4.18 Å². The molecule has 0 saturated heterocycles. The van der Waals surface area contributed by atoms with E-state index in [4.69, 9.17) is 11.6 Å². The Bertz CT molecular complexity index is 939. The molecule has 0 bridgehead atoms. The highest BCUT2D eigenvalue weighted by Crippen LogP contribution is 2.35. The molecule has 0 amide bonds. The normalized spacial score (nSPS) is 14.2. The van der Waals surface area contributed by atoms with Crippen LogP contribution in [0, 0.1) is 0 Å². The van der Waals surface area contributed by atoms with E-state index < -0.39 is 21.4 Å². The maximum atomic E-state index is 12.6. The molecule has 1 aliphatic rings. The second-order valence-corrected chi connectivity index (χ2v) is 6.98. The standard InChI is InChI=1S/C15H9ClF3NO3S/c16-11-4-3-9-7-13-12(2-1-5-20-13)14(8-10(9)6-11)23-24(21,22)15(17,18)19/h1-6,8H,7H2. The SMILES string of the molecule is O=S(=O)(OC1=Cc2cc(Cl)ccc2Cc2ncccc21)C(F)(F)F. The van der Waals surface area contributed by atoms with Gasteiger partial charge in [0.25, 0.3) is 0 Å². The molecular formula is C15H9ClF3NO3S. The summed E-state index contributed by atoms with van der Waals surface area (Å²) in [5.74, 6) is -0.448. The molecule has 1 aromatic heterocycles. The zero-order valence-electron chi connectivity index (χ0n) is 11.8. The second kappa shape index (κ2) is 5.78. The van der Waals surface area contributed by atoms with E-state index in [1.165, 1.54) is 30.5 Å². The molecule has 4 nitrogen and oxygen atoms in total. The van der Waals surface area contributed by atoms with Gasteiger partial charge in [-0.3, -0.25) is 4.98 Å². The number of fused-ring (bicyclic) bond motifs is 2. The van der Waals surface area contributed by atoms with E-state index in [0.29, 0.717) is 22.7 Å². The van der Waals surface area contributed by atoms with Crippen LogP contribution < -0.4 is 0 Å². The Kier molecular flexibility index (Phi) is 4.05. The van der Waals surface area contributed by atoms with Gasteiger partial charge in [0, 0.05) is 23.2 Å². The number of aromatic nitrogens is 1. The van der Waals surface area contributed by atoms with E-state index in [1.807, 2.05) is 0 Å². The minimum atomic E-state index is -5.80. The third-order valence-electron chi connectivity index (χ3n) is 3.39. The van der Waals surface area contributed by atoms with Gasteiger partial charge in [-0.25, -0.2) is 0 Å². The molecule has 0 unspecified atom stereocenters. The molecule has 3 rings (SSSR count). The van der Waals surface area contributed by atoms with Crippen LogP contribution in [-0.4, -0.2) is 18.9 Å². The summed E-state index contributed by atoms with van der Waals surface area (Å²) in [4.78, 5) is 4.11. The monoisotopic (exact) mass is 375 g/mol. The highest BCUT2D eigenvalue weighted by atomic mass is 35.5. The smallest absolute Gasteiger partial charge is 0.375 e. The molecule has 2 aromatic rings. The van der Waals surface area contributed by atoms with Crippen molar-refractivity contribution in [1.82, 2.24) is 4.98 Å². The molecular weight excluding hydrogens is 367 g/mol. The fourth-order valence-electron chi connectivity index (χ4n) is 2.30. The molecule has 24 heavy (non-hydrogen) atoms. The number of halogens is 4. The lowest BCUT2D eigenvalue weighted by molar-refractivity contribution is -0.0509. The van der Waals surface area contributed by atoms with E-state index in [2.05, 4.69) is 9.17 Å². The van der Waals surface area contributed by atoms with Crippen molar-refractivity contribution in [3.8, 4) is 0 Å². The lowest BCUT2D eigenvalue weighted by Gasteiger charge is -2.13. The van der Waals surface area contributed by atoms with Gasteiger partial charge in [0.2, 0.25) is 0 Å².